The minimum atomic E-state index is -4.26. The van der Waals surface area contributed by atoms with Crippen LogP contribution in [0.2, 0.25) is 0 Å². The number of guanidine groups is 1. The number of alkyl halides is 3. The molecule has 0 saturated heterocycles. The summed E-state index contributed by atoms with van der Waals surface area (Å²) < 4.78 is 40.3. The van der Waals surface area contributed by atoms with Crippen LogP contribution in [0.4, 0.5) is 13.2 Å². The van der Waals surface area contributed by atoms with Crippen molar-refractivity contribution in [1.29, 1.82) is 0 Å². The van der Waals surface area contributed by atoms with E-state index in [4.69, 9.17) is 0 Å². The summed E-state index contributed by atoms with van der Waals surface area (Å²) in [6.07, 6.45) is -2.78. The van der Waals surface area contributed by atoms with Crippen LogP contribution in [0, 0.1) is 0 Å². The summed E-state index contributed by atoms with van der Waals surface area (Å²) in [4.78, 5) is 6.52. The van der Waals surface area contributed by atoms with E-state index in [1.54, 1.807) is 7.05 Å². The Balaban J connectivity index is 3.78. The maximum atomic E-state index is 11.9. The molecule has 0 amide bonds. The van der Waals surface area contributed by atoms with Crippen LogP contribution in [-0.2, 0) is 4.74 Å². The van der Waals surface area contributed by atoms with Crippen molar-refractivity contribution in [2.75, 3.05) is 39.9 Å². The third kappa shape index (κ3) is 12.4. The molecule has 0 spiro atoms. The highest BCUT2D eigenvalue weighted by Crippen LogP contribution is 2.14. The fourth-order valence-electron chi connectivity index (χ4n) is 2.37. The van der Waals surface area contributed by atoms with E-state index in [0.717, 1.165) is 19.5 Å². The van der Waals surface area contributed by atoms with Gasteiger partial charge in [-0.15, -0.1) is 0 Å². The van der Waals surface area contributed by atoms with E-state index in [1.807, 2.05) is 0 Å². The summed E-state index contributed by atoms with van der Waals surface area (Å²) in [6.45, 7) is 9.95. The molecule has 0 aromatic rings. The molecular weight excluding hydrogens is 321 g/mol. The third-order valence-corrected chi connectivity index (χ3v) is 3.46. The van der Waals surface area contributed by atoms with Gasteiger partial charge in [-0.05, 0) is 40.5 Å². The maximum absolute atomic E-state index is 11.9. The average Bonchev–Trinajstić information content (AvgIpc) is 2.46. The minimum absolute atomic E-state index is 0.0707. The van der Waals surface area contributed by atoms with Crippen molar-refractivity contribution in [2.45, 2.75) is 58.8 Å². The fraction of sp³-hybridized carbons (Fsp3) is 0.938. The molecular formula is C16H33F3N4O. The predicted octanol–water partition coefficient (Wildman–Crippen LogP) is 2.63. The second kappa shape index (κ2) is 12.4. The van der Waals surface area contributed by atoms with Crippen molar-refractivity contribution in [1.82, 2.24) is 15.5 Å². The Bertz CT molecular complexity index is 339. The number of nitrogens with zero attached hydrogens (tertiary/aromatic N) is 2. The quantitative estimate of drug-likeness (QED) is 0.340. The van der Waals surface area contributed by atoms with Gasteiger partial charge in [-0.25, -0.2) is 0 Å². The summed E-state index contributed by atoms with van der Waals surface area (Å²) in [6, 6.07) is 1.03. The Labute approximate surface area is 144 Å². The Kier molecular flexibility index (Phi) is 11.8. The lowest BCUT2D eigenvalue weighted by Crippen LogP contribution is -2.41. The Hall–Kier alpha value is -1.02. The van der Waals surface area contributed by atoms with Gasteiger partial charge >= 0.3 is 6.18 Å². The normalized spacial score (nSPS) is 13.2. The largest absolute Gasteiger partial charge is 0.411 e. The summed E-state index contributed by atoms with van der Waals surface area (Å²) in [7, 11) is 1.67. The topological polar surface area (TPSA) is 48.9 Å². The van der Waals surface area contributed by atoms with Gasteiger partial charge in [-0.1, -0.05) is 0 Å². The molecule has 0 bridgehead atoms. The molecule has 0 aliphatic carbocycles. The number of hydrogen-bond acceptors (Lipinski definition) is 3. The molecule has 2 N–H and O–H groups in total. The van der Waals surface area contributed by atoms with Crippen molar-refractivity contribution < 1.29 is 17.9 Å². The zero-order valence-electron chi connectivity index (χ0n) is 15.5. The van der Waals surface area contributed by atoms with Crippen molar-refractivity contribution in [3.63, 3.8) is 0 Å². The Morgan fingerprint density at radius 2 is 1.58 bits per heavy atom. The van der Waals surface area contributed by atoms with E-state index in [1.165, 1.54) is 0 Å². The van der Waals surface area contributed by atoms with Gasteiger partial charge in [0, 0.05) is 45.4 Å². The number of halogens is 3. The van der Waals surface area contributed by atoms with Crippen LogP contribution < -0.4 is 10.6 Å². The molecule has 0 fully saturated rings. The SMILES string of the molecule is CN=C(NCCCOCC(F)(F)F)NCCCN(C(C)C)C(C)C. The molecule has 144 valence electrons. The third-order valence-electron chi connectivity index (χ3n) is 3.46. The smallest absolute Gasteiger partial charge is 0.372 e. The standard InChI is InChI=1S/C16H33F3N4O/c1-13(2)23(14(3)4)10-6-8-21-15(20-5)22-9-7-11-24-12-16(17,18)19/h13-14H,6-12H2,1-5H3,(H2,20,21,22). The van der Waals surface area contributed by atoms with E-state index in [0.29, 0.717) is 31.0 Å². The zero-order valence-corrected chi connectivity index (χ0v) is 15.5. The van der Waals surface area contributed by atoms with Gasteiger partial charge in [0.1, 0.15) is 6.61 Å². The second-order valence-corrected chi connectivity index (χ2v) is 6.23. The number of aliphatic imine (C=N–C) groups is 1. The van der Waals surface area contributed by atoms with Crippen LogP contribution >= 0.6 is 0 Å². The molecule has 0 atom stereocenters. The number of ether oxygens (including phenoxy) is 1. The van der Waals surface area contributed by atoms with Gasteiger partial charge in [0.2, 0.25) is 0 Å². The molecule has 0 rings (SSSR count). The molecule has 0 aromatic carbocycles. The van der Waals surface area contributed by atoms with Crippen molar-refractivity contribution >= 4 is 5.96 Å². The summed E-state index contributed by atoms with van der Waals surface area (Å²) in [5.41, 5.74) is 0. The van der Waals surface area contributed by atoms with E-state index in [9.17, 15) is 13.2 Å². The molecule has 0 aliphatic rings. The van der Waals surface area contributed by atoms with E-state index in [2.05, 4.69) is 53.0 Å². The van der Waals surface area contributed by atoms with Crippen molar-refractivity contribution in [2.24, 2.45) is 4.99 Å². The average molecular weight is 354 g/mol. The molecule has 0 heterocycles. The molecule has 0 aliphatic heterocycles. The Morgan fingerprint density at radius 1 is 1.04 bits per heavy atom. The van der Waals surface area contributed by atoms with Gasteiger partial charge < -0.3 is 15.4 Å². The molecule has 0 aromatic heterocycles. The van der Waals surface area contributed by atoms with Crippen LogP contribution in [0.25, 0.3) is 0 Å². The minimum Gasteiger partial charge on any atom is -0.372 e. The Morgan fingerprint density at radius 3 is 2.04 bits per heavy atom. The van der Waals surface area contributed by atoms with Crippen molar-refractivity contribution in [3.8, 4) is 0 Å². The van der Waals surface area contributed by atoms with Crippen LogP contribution in [-0.4, -0.2) is 69.0 Å². The lowest BCUT2D eigenvalue weighted by molar-refractivity contribution is -0.173. The van der Waals surface area contributed by atoms with E-state index < -0.39 is 12.8 Å². The second-order valence-electron chi connectivity index (χ2n) is 6.23. The first-order valence-electron chi connectivity index (χ1n) is 8.52. The van der Waals surface area contributed by atoms with Gasteiger partial charge in [0.25, 0.3) is 0 Å². The van der Waals surface area contributed by atoms with Crippen molar-refractivity contribution in [3.05, 3.63) is 0 Å². The van der Waals surface area contributed by atoms with Crippen LogP contribution in [0.5, 0.6) is 0 Å². The van der Waals surface area contributed by atoms with E-state index >= 15 is 0 Å². The highest BCUT2D eigenvalue weighted by Gasteiger charge is 2.27. The summed E-state index contributed by atoms with van der Waals surface area (Å²) >= 11 is 0. The van der Waals surface area contributed by atoms with Gasteiger partial charge in [-0.3, -0.25) is 9.89 Å². The van der Waals surface area contributed by atoms with Gasteiger partial charge in [-0.2, -0.15) is 13.2 Å². The van der Waals surface area contributed by atoms with Crippen LogP contribution in [0.3, 0.4) is 0 Å². The fourth-order valence-corrected chi connectivity index (χ4v) is 2.37. The molecule has 0 radical (unpaired) electrons. The maximum Gasteiger partial charge on any atom is 0.411 e. The molecule has 0 unspecified atom stereocenters. The monoisotopic (exact) mass is 354 g/mol. The van der Waals surface area contributed by atoms with Gasteiger partial charge in [0.15, 0.2) is 5.96 Å². The number of hydrogen-bond donors (Lipinski definition) is 2. The van der Waals surface area contributed by atoms with Crippen LogP contribution in [0.1, 0.15) is 40.5 Å². The highest BCUT2D eigenvalue weighted by molar-refractivity contribution is 5.79. The molecule has 5 nitrogen and oxygen atoms in total. The lowest BCUT2D eigenvalue weighted by atomic mass is 10.2. The molecule has 24 heavy (non-hydrogen) atoms. The molecule has 0 saturated carbocycles. The summed E-state index contributed by atoms with van der Waals surface area (Å²) in [5.74, 6) is 0.659. The zero-order chi connectivity index (χ0) is 18.6. The lowest BCUT2D eigenvalue weighted by Gasteiger charge is -2.30. The van der Waals surface area contributed by atoms with E-state index in [-0.39, 0.29) is 6.61 Å². The first kappa shape index (κ1) is 23.0. The predicted molar refractivity (Wildman–Crippen MR) is 92.5 cm³/mol. The number of nitrogens with one attached hydrogen (secondary N) is 2. The first-order chi connectivity index (χ1) is 11.2. The molecule has 8 heteroatoms. The highest BCUT2D eigenvalue weighted by atomic mass is 19.4. The van der Waals surface area contributed by atoms with Crippen LogP contribution in [0.15, 0.2) is 4.99 Å². The van der Waals surface area contributed by atoms with Gasteiger partial charge in [0.05, 0.1) is 0 Å². The number of rotatable bonds is 11. The summed E-state index contributed by atoms with van der Waals surface area (Å²) in [5, 5.41) is 6.27. The first-order valence-corrected chi connectivity index (χ1v) is 8.52.